The molecule has 22 heavy (non-hydrogen) atoms. The molecule has 0 aromatic heterocycles. The van der Waals surface area contributed by atoms with E-state index < -0.39 is 30.7 Å². The second-order valence-corrected chi connectivity index (χ2v) is 5.58. The molecule has 6 nitrogen and oxygen atoms in total. The summed E-state index contributed by atoms with van der Waals surface area (Å²) in [7, 11) is 1.39. The highest BCUT2D eigenvalue weighted by atomic mass is 35.5. The average molecular weight is 349 g/mol. The summed E-state index contributed by atoms with van der Waals surface area (Å²) < 4.78 is 21.0. The summed E-state index contributed by atoms with van der Waals surface area (Å²) in [6.07, 6.45) is -4.80. The van der Waals surface area contributed by atoms with Crippen LogP contribution in [0.1, 0.15) is 6.92 Å². The van der Waals surface area contributed by atoms with Crippen molar-refractivity contribution in [1.29, 1.82) is 0 Å². The lowest BCUT2D eigenvalue weighted by Gasteiger charge is -2.40. The van der Waals surface area contributed by atoms with Gasteiger partial charge in [-0.3, -0.25) is 0 Å². The molecular formula is C14H17ClO6S. The summed E-state index contributed by atoms with van der Waals surface area (Å²) in [5.74, 6) is 0.432. The summed E-state index contributed by atoms with van der Waals surface area (Å²) in [5, 5.41) is 20.5. The molecule has 122 valence electrons. The number of hydrogen-bond donors (Lipinski definition) is 2. The molecule has 0 bridgehead atoms. The maximum atomic E-state index is 10.1. The Bertz CT molecular complexity index is 511. The fraction of sp³-hybridized carbons (Fsp3) is 0.500. The summed E-state index contributed by atoms with van der Waals surface area (Å²) in [6.45, 7) is 1.64. The van der Waals surface area contributed by atoms with E-state index in [2.05, 4.69) is 0 Å². The molecule has 5 atom stereocenters. The van der Waals surface area contributed by atoms with Crippen molar-refractivity contribution in [3.05, 3.63) is 29.3 Å². The van der Waals surface area contributed by atoms with E-state index in [-0.39, 0.29) is 5.24 Å². The Morgan fingerprint density at radius 2 is 1.86 bits per heavy atom. The second-order valence-electron chi connectivity index (χ2n) is 4.81. The highest BCUT2D eigenvalue weighted by molar-refractivity contribution is 7.79. The maximum Gasteiger partial charge on any atom is 0.358 e. The number of ether oxygens (including phenoxy) is 4. The lowest BCUT2D eigenvalue weighted by atomic mass is 10.00. The summed E-state index contributed by atoms with van der Waals surface area (Å²) >= 11 is 10.8. The normalized spacial score (nSPS) is 31.6. The third kappa shape index (κ3) is 4.07. The molecule has 0 unspecified atom stereocenters. The zero-order valence-corrected chi connectivity index (χ0v) is 13.6. The van der Waals surface area contributed by atoms with Crippen molar-refractivity contribution in [2.75, 3.05) is 7.11 Å². The van der Waals surface area contributed by atoms with Crippen molar-refractivity contribution < 1.29 is 29.2 Å². The molecule has 0 aliphatic carbocycles. The van der Waals surface area contributed by atoms with Crippen LogP contribution in [0.15, 0.2) is 24.3 Å². The molecule has 1 fully saturated rings. The van der Waals surface area contributed by atoms with Crippen molar-refractivity contribution >= 4 is 29.1 Å². The zero-order valence-electron chi connectivity index (χ0n) is 12.0. The van der Waals surface area contributed by atoms with Crippen LogP contribution < -0.4 is 4.74 Å². The van der Waals surface area contributed by atoms with Crippen molar-refractivity contribution in [3.8, 4) is 5.75 Å². The van der Waals surface area contributed by atoms with Gasteiger partial charge in [0.2, 0.25) is 0 Å². The van der Waals surface area contributed by atoms with E-state index in [0.29, 0.717) is 10.8 Å². The maximum absolute atomic E-state index is 10.1. The third-order valence-electron chi connectivity index (χ3n) is 3.26. The van der Waals surface area contributed by atoms with E-state index in [1.54, 1.807) is 31.2 Å². The van der Waals surface area contributed by atoms with Gasteiger partial charge in [-0.25, -0.2) is 0 Å². The molecule has 1 aliphatic rings. The van der Waals surface area contributed by atoms with Crippen LogP contribution in [0.25, 0.3) is 0 Å². The Balaban J connectivity index is 2.00. The van der Waals surface area contributed by atoms with Gasteiger partial charge in [-0.1, -0.05) is 11.6 Å². The van der Waals surface area contributed by atoms with Crippen LogP contribution in [-0.4, -0.2) is 53.3 Å². The lowest BCUT2D eigenvalue weighted by Crippen LogP contribution is -2.58. The molecule has 0 spiro atoms. The van der Waals surface area contributed by atoms with Crippen molar-refractivity contribution in [2.45, 2.75) is 37.6 Å². The van der Waals surface area contributed by atoms with E-state index in [1.807, 2.05) is 0 Å². The zero-order chi connectivity index (χ0) is 16.3. The van der Waals surface area contributed by atoms with Gasteiger partial charge in [0.15, 0.2) is 12.4 Å². The number of hydrogen-bond acceptors (Lipinski definition) is 7. The minimum absolute atomic E-state index is 0.227. The van der Waals surface area contributed by atoms with Crippen LogP contribution in [0, 0.1) is 0 Å². The number of halogens is 1. The Morgan fingerprint density at radius 1 is 1.23 bits per heavy atom. The summed E-state index contributed by atoms with van der Waals surface area (Å²) in [4.78, 5) is 0. The third-order valence-corrected chi connectivity index (χ3v) is 3.69. The molecular weight excluding hydrogens is 332 g/mol. The quantitative estimate of drug-likeness (QED) is 0.801. The Kier molecular flexibility index (Phi) is 5.96. The highest BCUT2D eigenvalue weighted by Crippen LogP contribution is 2.25. The van der Waals surface area contributed by atoms with Gasteiger partial charge in [-0.05, 0) is 31.2 Å². The van der Waals surface area contributed by atoms with Crippen molar-refractivity contribution in [2.24, 2.45) is 0 Å². The molecule has 0 amide bonds. The van der Waals surface area contributed by atoms with Gasteiger partial charge < -0.3 is 29.2 Å². The first-order chi connectivity index (χ1) is 10.4. The minimum atomic E-state index is -1.21. The van der Waals surface area contributed by atoms with Crippen molar-refractivity contribution in [3.63, 3.8) is 0 Å². The van der Waals surface area contributed by atoms with Crippen LogP contribution in [0.2, 0.25) is 5.02 Å². The van der Waals surface area contributed by atoms with Gasteiger partial charge in [-0.15, -0.1) is 0 Å². The number of benzene rings is 1. The summed E-state index contributed by atoms with van der Waals surface area (Å²) in [5.41, 5.74) is 0. The topological polar surface area (TPSA) is 77.4 Å². The molecule has 1 heterocycles. The smallest absolute Gasteiger partial charge is 0.358 e. The van der Waals surface area contributed by atoms with E-state index in [1.165, 1.54) is 7.11 Å². The molecule has 2 rings (SSSR count). The van der Waals surface area contributed by atoms with E-state index in [0.717, 1.165) is 0 Å². The van der Waals surface area contributed by atoms with Gasteiger partial charge in [-0.2, -0.15) is 0 Å². The van der Waals surface area contributed by atoms with Gasteiger partial charge in [0, 0.05) is 24.4 Å². The van der Waals surface area contributed by atoms with Gasteiger partial charge in [0.1, 0.15) is 18.0 Å². The van der Waals surface area contributed by atoms with E-state index >= 15 is 0 Å². The molecule has 0 saturated carbocycles. The summed E-state index contributed by atoms with van der Waals surface area (Å²) in [6, 6.07) is 6.52. The van der Waals surface area contributed by atoms with Crippen LogP contribution in [0.5, 0.6) is 5.75 Å². The molecule has 0 radical (unpaired) electrons. The Labute approximate surface area is 138 Å². The van der Waals surface area contributed by atoms with E-state index in [9.17, 15) is 10.2 Å². The monoisotopic (exact) mass is 348 g/mol. The number of methoxy groups -OCH3 is 1. The molecule has 8 heteroatoms. The first-order valence-corrected chi connectivity index (χ1v) is 7.39. The molecule has 2 N–H and O–H groups in total. The first-order valence-electron chi connectivity index (χ1n) is 6.60. The number of rotatable bonds is 3. The fourth-order valence-electron chi connectivity index (χ4n) is 2.06. The number of thiocarbonyl (C=S) groups is 1. The van der Waals surface area contributed by atoms with Crippen LogP contribution in [-0.2, 0) is 14.2 Å². The Hall–Kier alpha value is -0.960. The van der Waals surface area contributed by atoms with E-state index in [4.69, 9.17) is 42.8 Å². The SMILES string of the molecule is CO[C@H]1O[C@@H](C)[C@H](O)[C@@H](OC(=S)Oc2ccc(Cl)cc2)[C@H]1O. The fourth-order valence-corrected chi connectivity index (χ4v) is 2.40. The minimum Gasteiger partial charge on any atom is -0.447 e. The second kappa shape index (κ2) is 7.54. The number of aliphatic hydroxyl groups is 2. The Morgan fingerprint density at radius 3 is 2.45 bits per heavy atom. The molecule has 1 aliphatic heterocycles. The first kappa shape index (κ1) is 17.4. The molecule has 1 aromatic rings. The van der Waals surface area contributed by atoms with Crippen LogP contribution in [0.4, 0.5) is 0 Å². The van der Waals surface area contributed by atoms with Gasteiger partial charge in [0.05, 0.1) is 6.10 Å². The van der Waals surface area contributed by atoms with Crippen LogP contribution in [0.3, 0.4) is 0 Å². The largest absolute Gasteiger partial charge is 0.447 e. The molecule has 1 aromatic carbocycles. The van der Waals surface area contributed by atoms with Gasteiger partial charge in [0.25, 0.3) is 0 Å². The number of aliphatic hydroxyl groups excluding tert-OH is 2. The predicted molar refractivity (Wildman–Crippen MR) is 82.9 cm³/mol. The average Bonchev–Trinajstić information content (AvgIpc) is 2.49. The lowest BCUT2D eigenvalue weighted by molar-refractivity contribution is -0.284. The highest BCUT2D eigenvalue weighted by Gasteiger charge is 2.45. The van der Waals surface area contributed by atoms with Crippen LogP contribution >= 0.6 is 23.8 Å². The molecule has 1 saturated heterocycles. The standard InChI is InChI=1S/C14H17ClO6S/c1-7-10(16)12(11(17)13(18-2)19-7)21-14(22)20-9-5-3-8(15)4-6-9/h3-7,10-13,16-17H,1-2H3/t7-,10-,11+,12+,13-/m0/s1. The van der Waals surface area contributed by atoms with Gasteiger partial charge >= 0.3 is 5.24 Å². The van der Waals surface area contributed by atoms with Crippen molar-refractivity contribution in [1.82, 2.24) is 0 Å². The predicted octanol–water partition coefficient (Wildman–Crippen LogP) is 1.50.